The van der Waals surface area contributed by atoms with Crippen LogP contribution >= 0.6 is 0 Å². The number of anilines is 1. The Labute approximate surface area is 201 Å². The molecule has 1 unspecified atom stereocenters. The third kappa shape index (κ3) is 5.00. The van der Waals surface area contributed by atoms with Crippen molar-refractivity contribution in [2.45, 2.75) is 38.6 Å². The maximum absolute atomic E-state index is 13.3. The van der Waals surface area contributed by atoms with Gasteiger partial charge in [0.25, 0.3) is 5.91 Å². The average molecular weight is 456 g/mol. The maximum Gasteiger partial charge on any atom is 0.255 e. The van der Waals surface area contributed by atoms with Crippen molar-refractivity contribution >= 4 is 28.3 Å². The summed E-state index contributed by atoms with van der Waals surface area (Å²) in [5.74, 6) is -0.0415. The van der Waals surface area contributed by atoms with Crippen LogP contribution in [0.25, 0.3) is 10.8 Å². The molecule has 2 amide bonds. The predicted octanol–water partition coefficient (Wildman–Crippen LogP) is 5.32. The Kier molecular flexibility index (Phi) is 6.91. The Balaban J connectivity index is 1.26. The van der Waals surface area contributed by atoms with Crippen LogP contribution in [-0.4, -0.2) is 47.8 Å². The molecule has 5 nitrogen and oxygen atoms in total. The summed E-state index contributed by atoms with van der Waals surface area (Å²) in [6.45, 7) is 4.17. The zero-order valence-corrected chi connectivity index (χ0v) is 19.7. The van der Waals surface area contributed by atoms with Gasteiger partial charge in [-0.05, 0) is 67.1 Å². The fraction of sp³-hybridized carbons (Fsp3) is 0.379. The summed E-state index contributed by atoms with van der Waals surface area (Å²) in [7, 11) is 0. The van der Waals surface area contributed by atoms with Gasteiger partial charge in [0.1, 0.15) is 0 Å². The molecule has 2 fully saturated rings. The van der Waals surface area contributed by atoms with Crippen LogP contribution in [0.2, 0.25) is 0 Å². The normalized spacial score (nSPS) is 19.2. The zero-order valence-electron chi connectivity index (χ0n) is 19.7. The van der Waals surface area contributed by atoms with Crippen molar-refractivity contribution in [2.75, 3.05) is 31.5 Å². The van der Waals surface area contributed by atoms with Crippen molar-refractivity contribution in [3.63, 3.8) is 0 Å². The molecule has 2 saturated heterocycles. The first-order valence-corrected chi connectivity index (χ1v) is 12.6. The average Bonchev–Trinajstić information content (AvgIpc) is 2.89. The summed E-state index contributed by atoms with van der Waals surface area (Å²) < 4.78 is 0. The molecule has 5 rings (SSSR count). The van der Waals surface area contributed by atoms with E-state index in [-0.39, 0.29) is 17.7 Å². The molecule has 0 saturated carbocycles. The Bertz CT molecular complexity index is 1160. The molecule has 0 aromatic heterocycles. The van der Waals surface area contributed by atoms with E-state index in [1.54, 1.807) is 0 Å². The van der Waals surface area contributed by atoms with E-state index in [9.17, 15) is 9.59 Å². The number of carbonyl (C=O) groups excluding carboxylic acids is 2. The summed E-state index contributed by atoms with van der Waals surface area (Å²) in [4.78, 5) is 30.7. The molecule has 3 aromatic rings. The van der Waals surface area contributed by atoms with Gasteiger partial charge in [0.05, 0.1) is 17.2 Å². The second-order valence-corrected chi connectivity index (χ2v) is 9.60. The van der Waals surface area contributed by atoms with Gasteiger partial charge in [-0.15, -0.1) is 0 Å². The lowest BCUT2D eigenvalue weighted by Crippen LogP contribution is -2.40. The standard InChI is InChI=1S/C29H33N3O2/c33-28(30-27-16-5-4-15-26(27)29(34)32-18-6-1-7-19-32)24-13-9-17-31(21-24)20-23-12-8-11-22-10-2-3-14-25(22)23/h2-5,8,10-12,14-16,24H,1,6-7,9,13,17-21H2,(H,30,33). The second kappa shape index (κ2) is 10.4. The molecule has 0 aliphatic carbocycles. The van der Waals surface area contributed by atoms with E-state index >= 15 is 0 Å². The fourth-order valence-electron chi connectivity index (χ4n) is 5.37. The summed E-state index contributed by atoms with van der Waals surface area (Å²) in [6, 6.07) is 22.4. The third-order valence-corrected chi connectivity index (χ3v) is 7.21. The number of hydrogen-bond donors (Lipinski definition) is 1. The molecule has 176 valence electrons. The third-order valence-electron chi connectivity index (χ3n) is 7.21. The van der Waals surface area contributed by atoms with Crippen LogP contribution in [0.3, 0.4) is 0 Å². The summed E-state index contributed by atoms with van der Waals surface area (Å²) in [5, 5.41) is 5.63. The first kappa shape index (κ1) is 22.6. The summed E-state index contributed by atoms with van der Waals surface area (Å²) in [6.07, 6.45) is 5.15. The Morgan fingerprint density at radius 1 is 0.824 bits per heavy atom. The predicted molar refractivity (Wildman–Crippen MR) is 137 cm³/mol. The van der Waals surface area contributed by atoms with Crippen LogP contribution in [0, 0.1) is 5.92 Å². The van der Waals surface area contributed by atoms with Crippen molar-refractivity contribution in [1.82, 2.24) is 9.80 Å². The molecule has 1 atom stereocenters. The van der Waals surface area contributed by atoms with Gasteiger partial charge in [-0.3, -0.25) is 14.5 Å². The number of hydrogen-bond acceptors (Lipinski definition) is 3. The minimum absolute atomic E-state index is 0.0153. The maximum atomic E-state index is 13.3. The highest BCUT2D eigenvalue weighted by atomic mass is 16.2. The summed E-state index contributed by atoms with van der Waals surface area (Å²) in [5.41, 5.74) is 2.53. The van der Waals surface area contributed by atoms with Gasteiger partial charge in [0, 0.05) is 26.2 Å². The molecule has 2 heterocycles. The smallest absolute Gasteiger partial charge is 0.255 e. The Hall–Kier alpha value is -3.18. The van der Waals surface area contributed by atoms with Crippen LogP contribution in [0.4, 0.5) is 5.69 Å². The molecule has 3 aromatic carbocycles. The van der Waals surface area contributed by atoms with E-state index in [1.165, 1.54) is 22.8 Å². The van der Waals surface area contributed by atoms with Crippen molar-refractivity contribution in [3.8, 4) is 0 Å². The SMILES string of the molecule is O=C(Nc1ccccc1C(=O)N1CCCCC1)C1CCCN(Cc2cccc3ccccc23)C1. The second-order valence-electron chi connectivity index (χ2n) is 9.60. The van der Waals surface area contributed by atoms with Crippen molar-refractivity contribution in [3.05, 3.63) is 77.9 Å². The number of nitrogens with one attached hydrogen (secondary N) is 1. The topological polar surface area (TPSA) is 52.7 Å². The van der Waals surface area contributed by atoms with Crippen molar-refractivity contribution in [1.29, 1.82) is 0 Å². The van der Waals surface area contributed by atoms with E-state index < -0.39 is 0 Å². The zero-order chi connectivity index (χ0) is 23.3. The number of para-hydroxylation sites is 1. The van der Waals surface area contributed by atoms with Crippen LogP contribution in [-0.2, 0) is 11.3 Å². The molecule has 0 radical (unpaired) electrons. The Morgan fingerprint density at radius 3 is 2.47 bits per heavy atom. The number of fused-ring (bicyclic) bond motifs is 1. The van der Waals surface area contributed by atoms with Crippen LogP contribution in [0.1, 0.15) is 48.0 Å². The minimum atomic E-state index is -0.0816. The van der Waals surface area contributed by atoms with E-state index in [4.69, 9.17) is 0 Å². The lowest BCUT2D eigenvalue weighted by Gasteiger charge is -2.32. The molecule has 2 aliphatic heterocycles. The molecule has 1 N–H and O–H groups in total. The fourth-order valence-corrected chi connectivity index (χ4v) is 5.37. The first-order valence-electron chi connectivity index (χ1n) is 12.6. The van der Waals surface area contributed by atoms with Gasteiger partial charge in [0.2, 0.25) is 5.91 Å². The van der Waals surface area contributed by atoms with Gasteiger partial charge in [-0.2, -0.15) is 0 Å². The number of rotatable bonds is 5. The van der Waals surface area contributed by atoms with Crippen LogP contribution < -0.4 is 5.32 Å². The monoisotopic (exact) mass is 455 g/mol. The molecule has 34 heavy (non-hydrogen) atoms. The lowest BCUT2D eigenvalue weighted by molar-refractivity contribution is -0.121. The molecule has 0 bridgehead atoms. The van der Waals surface area contributed by atoms with E-state index in [0.29, 0.717) is 11.3 Å². The quantitative estimate of drug-likeness (QED) is 0.567. The van der Waals surface area contributed by atoms with Crippen molar-refractivity contribution in [2.24, 2.45) is 5.92 Å². The van der Waals surface area contributed by atoms with Gasteiger partial charge in [-0.1, -0.05) is 54.6 Å². The number of likely N-dealkylation sites (tertiary alicyclic amines) is 2. The molecule has 5 heteroatoms. The molecule has 2 aliphatic rings. The van der Waals surface area contributed by atoms with Gasteiger partial charge in [-0.25, -0.2) is 0 Å². The largest absolute Gasteiger partial charge is 0.339 e. The first-order chi connectivity index (χ1) is 16.7. The lowest BCUT2D eigenvalue weighted by atomic mass is 9.95. The highest BCUT2D eigenvalue weighted by Gasteiger charge is 2.28. The highest BCUT2D eigenvalue weighted by molar-refractivity contribution is 6.04. The molecular formula is C29H33N3O2. The van der Waals surface area contributed by atoms with Crippen molar-refractivity contribution < 1.29 is 9.59 Å². The number of piperidine rings is 2. The number of carbonyl (C=O) groups is 2. The number of benzene rings is 3. The number of nitrogens with zero attached hydrogens (tertiary/aromatic N) is 2. The molecule has 0 spiro atoms. The molecular weight excluding hydrogens is 422 g/mol. The van der Waals surface area contributed by atoms with Gasteiger partial charge < -0.3 is 10.2 Å². The Morgan fingerprint density at radius 2 is 1.59 bits per heavy atom. The summed E-state index contributed by atoms with van der Waals surface area (Å²) >= 11 is 0. The van der Waals surface area contributed by atoms with Gasteiger partial charge >= 0.3 is 0 Å². The highest BCUT2D eigenvalue weighted by Crippen LogP contribution is 2.26. The van der Waals surface area contributed by atoms with Crippen LogP contribution in [0.15, 0.2) is 66.7 Å². The van der Waals surface area contributed by atoms with E-state index in [2.05, 4.69) is 52.7 Å². The minimum Gasteiger partial charge on any atom is -0.339 e. The van der Waals surface area contributed by atoms with E-state index in [1.807, 2.05) is 29.2 Å². The van der Waals surface area contributed by atoms with Crippen LogP contribution in [0.5, 0.6) is 0 Å². The number of amides is 2. The van der Waals surface area contributed by atoms with E-state index in [0.717, 1.165) is 58.4 Å². The van der Waals surface area contributed by atoms with Gasteiger partial charge in [0.15, 0.2) is 0 Å².